The molecule has 2 heterocycles. The zero-order valence-corrected chi connectivity index (χ0v) is 16.3. The number of carbonyl (C=O) groups excluding carboxylic acids is 1. The molecule has 0 N–H and O–H groups in total. The minimum Gasteiger partial charge on any atom is -0.487 e. The maximum absolute atomic E-state index is 12.3. The number of aromatic nitrogens is 2. The van der Waals surface area contributed by atoms with Crippen molar-refractivity contribution in [3.63, 3.8) is 0 Å². The molecule has 6 nitrogen and oxygen atoms in total. The average molecular weight is 378 g/mol. The molecule has 1 aromatic heterocycles. The molecule has 0 unspecified atom stereocenters. The fourth-order valence-electron chi connectivity index (χ4n) is 2.94. The lowest BCUT2D eigenvalue weighted by molar-refractivity contribution is 0.0219. The average Bonchev–Trinajstić information content (AvgIpc) is 2.88. The van der Waals surface area contributed by atoms with E-state index < -0.39 is 5.60 Å². The van der Waals surface area contributed by atoms with Crippen LogP contribution in [0.5, 0.6) is 5.75 Å². The van der Waals surface area contributed by atoms with Crippen LogP contribution in [0.15, 0.2) is 24.3 Å². The Morgan fingerprint density at radius 2 is 1.96 bits per heavy atom. The Kier molecular flexibility index (Phi) is 5.14. The predicted octanol–water partition coefficient (Wildman–Crippen LogP) is 3.95. The van der Waals surface area contributed by atoms with Gasteiger partial charge >= 0.3 is 6.09 Å². The quantitative estimate of drug-likeness (QED) is 0.812. The second-order valence-corrected chi connectivity index (χ2v) is 7.83. The van der Waals surface area contributed by atoms with Gasteiger partial charge in [-0.15, -0.1) is 0 Å². The number of hydrogen-bond donors (Lipinski definition) is 0. The van der Waals surface area contributed by atoms with E-state index in [-0.39, 0.29) is 6.09 Å². The van der Waals surface area contributed by atoms with E-state index in [2.05, 4.69) is 5.10 Å². The minimum atomic E-state index is -0.499. The number of halogens is 1. The summed E-state index contributed by atoms with van der Waals surface area (Å²) in [6.07, 6.45) is 0.449. The Hall–Kier alpha value is -2.21. The summed E-state index contributed by atoms with van der Waals surface area (Å²) in [5.74, 6) is 0.750. The Labute approximate surface area is 158 Å². The molecule has 0 spiro atoms. The van der Waals surface area contributed by atoms with Gasteiger partial charge in [0, 0.05) is 24.2 Å². The van der Waals surface area contributed by atoms with Crippen LogP contribution in [-0.4, -0.2) is 32.9 Å². The number of rotatable bonds is 3. The van der Waals surface area contributed by atoms with Crippen molar-refractivity contribution in [2.75, 3.05) is 6.54 Å². The molecule has 3 rings (SSSR count). The van der Waals surface area contributed by atoms with Crippen molar-refractivity contribution in [3.8, 4) is 5.75 Å². The van der Waals surface area contributed by atoms with Gasteiger partial charge in [-0.2, -0.15) is 5.10 Å². The second kappa shape index (κ2) is 7.19. The largest absolute Gasteiger partial charge is 0.487 e. The summed E-state index contributed by atoms with van der Waals surface area (Å²) in [7, 11) is 1.89. The van der Waals surface area contributed by atoms with E-state index in [1.54, 1.807) is 17.0 Å². The van der Waals surface area contributed by atoms with Crippen molar-refractivity contribution in [2.24, 2.45) is 7.05 Å². The first-order valence-electron chi connectivity index (χ1n) is 8.63. The Morgan fingerprint density at radius 1 is 1.27 bits per heavy atom. The SMILES string of the molecule is Cn1nc(COc2ccc(Cl)cc2)c2c1CN(C(=O)OC(C)(C)C)CC2. The number of benzene rings is 1. The molecule has 140 valence electrons. The van der Waals surface area contributed by atoms with E-state index in [9.17, 15) is 4.79 Å². The number of ether oxygens (including phenoxy) is 2. The molecule has 1 aliphatic heterocycles. The number of hydrogen-bond acceptors (Lipinski definition) is 4. The van der Waals surface area contributed by atoms with Gasteiger partial charge in [-0.25, -0.2) is 4.79 Å². The fraction of sp³-hybridized carbons (Fsp3) is 0.474. The van der Waals surface area contributed by atoms with Crippen molar-refractivity contribution < 1.29 is 14.3 Å². The first-order chi connectivity index (χ1) is 12.2. The predicted molar refractivity (Wildman–Crippen MR) is 99.3 cm³/mol. The molecule has 1 amide bonds. The summed E-state index contributed by atoms with van der Waals surface area (Å²) < 4.78 is 13.1. The highest BCUT2D eigenvalue weighted by Crippen LogP contribution is 2.25. The molecule has 0 aliphatic carbocycles. The Balaban J connectivity index is 1.69. The minimum absolute atomic E-state index is 0.289. The van der Waals surface area contributed by atoms with Crippen LogP contribution in [0.1, 0.15) is 37.7 Å². The summed E-state index contributed by atoms with van der Waals surface area (Å²) in [5, 5.41) is 5.26. The molecular weight excluding hydrogens is 354 g/mol. The maximum Gasteiger partial charge on any atom is 0.410 e. The van der Waals surface area contributed by atoms with E-state index in [1.165, 1.54) is 0 Å². The molecule has 0 radical (unpaired) electrons. The third-order valence-electron chi connectivity index (χ3n) is 4.17. The Morgan fingerprint density at radius 3 is 2.62 bits per heavy atom. The first kappa shape index (κ1) is 18.6. The highest BCUT2D eigenvalue weighted by molar-refractivity contribution is 6.30. The molecule has 0 saturated carbocycles. The number of nitrogens with zero attached hydrogens (tertiary/aromatic N) is 3. The van der Waals surface area contributed by atoms with Crippen LogP contribution >= 0.6 is 11.6 Å². The van der Waals surface area contributed by atoms with Gasteiger partial charge in [0.15, 0.2) is 0 Å². The lowest BCUT2D eigenvalue weighted by atomic mass is 10.0. The third kappa shape index (κ3) is 4.30. The van der Waals surface area contributed by atoms with E-state index in [0.29, 0.717) is 24.7 Å². The van der Waals surface area contributed by atoms with Crippen LogP contribution in [0.2, 0.25) is 5.02 Å². The van der Waals surface area contributed by atoms with Gasteiger partial charge in [0.05, 0.1) is 12.2 Å². The first-order valence-corrected chi connectivity index (χ1v) is 9.00. The Bertz CT molecular complexity index is 794. The zero-order valence-electron chi connectivity index (χ0n) is 15.6. The van der Waals surface area contributed by atoms with E-state index >= 15 is 0 Å². The molecule has 2 aromatic rings. The second-order valence-electron chi connectivity index (χ2n) is 7.39. The van der Waals surface area contributed by atoms with Gasteiger partial charge in [0.25, 0.3) is 0 Å². The molecule has 1 aliphatic rings. The number of amides is 1. The lowest BCUT2D eigenvalue weighted by Gasteiger charge is -2.30. The summed E-state index contributed by atoms with van der Waals surface area (Å²) in [5.41, 5.74) is 2.58. The van der Waals surface area contributed by atoms with Crippen LogP contribution in [0.25, 0.3) is 0 Å². The van der Waals surface area contributed by atoms with Gasteiger partial charge in [-0.05, 0) is 51.5 Å². The van der Waals surface area contributed by atoms with Crippen LogP contribution in [0.3, 0.4) is 0 Å². The number of fused-ring (bicyclic) bond motifs is 1. The highest BCUT2D eigenvalue weighted by atomic mass is 35.5. The third-order valence-corrected chi connectivity index (χ3v) is 4.42. The van der Waals surface area contributed by atoms with Crippen LogP contribution in [0.4, 0.5) is 4.79 Å². The zero-order chi connectivity index (χ0) is 18.9. The van der Waals surface area contributed by atoms with Crippen LogP contribution in [0, 0.1) is 0 Å². The van der Waals surface area contributed by atoms with E-state index in [1.807, 2.05) is 44.6 Å². The van der Waals surface area contributed by atoms with Crippen molar-refractivity contribution in [1.29, 1.82) is 0 Å². The molecule has 0 bridgehead atoms. The summed E-state index contributed by atoms with van der Waals surface area (Å²) in [6, 6.07) is 7.26. The van der Waals surface area contributed by atoms with Gasteiger partial charge in [0.1, 0.15) is 23.7 Å². The van der Waals surface area contributed by atoms with Crippen LogP contribution in [-0.2, 0) is 31.4 Å². The monoisotopic (exact) mass is 377 g/mol. The summed E-state index contributed by atoms with van der Waals surface area (Å²) in [6.45, 7) is 7.11. The van der Waals surface area contributed by atoms with Gasteiger partial charge < -0.3 is 14.4 Å². The lowest BCUT2D eigenvalue weighted by Crippen LogP contribution is -2.40. The van der Waals surface area contributed by atoms with Crippen molar-refractivity contribution in [2.45, 2.75) is 45.9 Å². The molecule has 0 fully saturated rings. The number of aryl methyl sites for hydroxylation is 1. The topological polar surface area (TPSA) is 56.6 Å². The summed E-state index contributed by atoms with van der Waals surface area (Å²) in [4.78, 5) is 14.0. The molecule has 0 atom stereocenters. The highest BCUT2D eigenvalue weighted by Gasteiger charge is 2.29. The fourth-order valence-corrected chi connectivity index (χ4v) is 3.06. The molecular formula is C19H24ClN3O3. The van der Waals surface area contributed by atoms with Gasteiger partial charge in [-0.1, -0.05) is 11.6 Å². The van der Waals surface area contributed by atoms with Gasteiger partial charge in [-0.3, -0.25) is 4.68 Å². The smallest absolute Gasteiger partial charge is 0.410 e. The maximum atomic E-state index is 12.3. The molecule has 7 heteroatoms. The molecule has 0 saturated heterocycles. The normalized spacial score (nSPS) is 14.1. The van der Waals surface area contributed by atoms with Crippen molar-refractivity contribution >= 4 is 17.7 Å². The van der Waals surface area contributed by atoms with Crippen LogP contribution < -0.4 is 4.74 Å². The molecule has 26 heavy (non-hydrogen) atoms. The van der Waals surface area contributed by atoms with E-state index in [4.69, 9.17) is 21.1 Å². The van der Waals surface area contributed by atoms with Crippen molar-refractivity contribution in [1.82, 2.24) is 14.7 Å². The van der Waals surface area contributed by atoms with Crippen molar-refractivity contribution in [3.05, 3.63) is 46.2 Å². The number of carbonyl (C=O) groups is 1. The molecule has 1 aromatic carbocycles. The standard InChI is InChI=1S/C19H24ClN3O3/c1-19(2,3)26-18(24)23-10-9-15-16(21-22(4)17(15)11-23)12-25-14-7-5-13(20)6-8-14/h5-8H,9-12H2,1-4H3. The van der Waals surface area contributed by atoms with E-state index in [0.717, 1.165) is 29.1 Å². The van der Waals surface area contributed by atoms with Gasteiger partial charge in [0.2, 0.25) is 0 Å². The summed E-state index contributed by atoms with van der Waals surface area (Å²) >= 11 is 5.89.